The molecule has 0 radical (unpaired) electrons. The summed E-state index contributed by atoms with van der Waals surface area (Å²) in [7, 11) is 0. The fraction of sp³-hybridized carbons (Fsp3) is 0.385. The largest absolute Gasteiger partial charge is 0.477 e. The molecule has 0 saturated carbocycles. The van der Waals surface area contributed by atoms with Gasteiger partial charge >= 0.3 is 0 Å². The maximum Gasteiger partial charge on any atom is 0.221 e. The average Bonchev–Trinajstić information content (AvgIpc) is 2.34. The molecule has 1 aromatic rings. The van der Waals surface area contributed by atoms with Gasteiger partial charge in [-0.1, -0.05) is 38.0 Å². The summed E-state index contributed by atoms with van der Waals surface area (Å²) in [6.07, 6.45) is 5.45. The van der Waals surface area contributed by atoms with Crippen LogP contribution in [0.4, 0.5) is 0 Å². The summed E-state index contributed by atoms with van der Waals surface area (Å²) in [5, 5.41) is 0. The van der Waals surface area contributed by atoms with Crippen LogP contribution in [-0.4, -0.2) is 6.61 Å². The van der Waals surface area contributed by atoms with E-state index in [-0.39, 0.29) is 0 Å². The van der Waals surface area contributed by atoms with Gasteiger partial charge in [-0.25, -0.2) is 0 Å². The van der Waals surface area contributed by atoms with E-state index in [1.807, 2.05) is 30.3 Å². The average molecular weight is 219 g/mol. The van der Waals surface area contributed by atoms with E-state index in [2.05, 4.69) is 12.4 Å². The van der Waals surface area contributed by atoms with Gasteiger partial charge in [0.15, 0.2) is 5.75 Å². The Kier molecular flexibility index (Phi) is 3.70. The lowest BCUT2D eigenvalue weighted by molar-refractivity contribution is 0.103. The van der Waals surface area contributed by atoms with Gasteiger partial charge in [0.1, 0.15) is 0 Å². The number of benzene rings is 1. The van der Waals surface area contributed by atoms with Gasteiger partial charge in [-0.3, -0.25) is 0 Å². The molecular formula is C13H17NO2. The van der Waals surface area contributed by atoms with E-state index in [0.29, 0.717) is 5.88 Å². The Morgan fingerprint density at radius 3 is 3.00 bits per heavy atom. The molecule has 1 aromatic carbocycles. The van der Waals surface area contributed by atoms with Crippen LogP contribution in [0.15, 0.2) is 30.1 Å². The second-order valence-corrected chi connectivity index (χ2v) is 3.81. The number of rotatable bonds is 5. The van der Waals surface area contributed by atoms with E-state index < -0.39 is 0 Å². The molecule has 86 valence electrons. The zero-order chi connectivity index (χ0) is 11.2. The summed E-state index contributed by atoms with van der Waals surface area (Å²) in [6.45, 7) is 2.91. The van der Waals surface area contributed by atoms with E-state index in [0.717, 1.165) is 24.3 Å². The van der Waals surface area contributed by atoms with Crippen LogP contribution in [0, 0.1) is 0 Å². The molecule has 0 aromatic heterocycles. The predicted molar refractivity (Wildman–Crippen MR) is 63.7 cm³/mol. The maximum absolute atomic E-state index is 5.57. The third kappa shape index (κ3) is 2.69. The Morgan fingerprint density at radius 2 is 2.12 bits per heavy atom. The first-order valence-electron chi connectivity index (χ1n) is 5.76. The normalized spacial score (nSPS) is 13.2. The second-order valence-electron chi connectivity index (χ2n) is 3.81. The number of para-hydroxylation sites is 1. The van der Waals surface area contributed by atoms with Crippen molar-refractivity contribution in [1.29, 1.82) is 0 Å². The van der Waals surface area contributed by atoms with Crippen molar-refractivity contribution in [3.05, 3.63) is 35.7 Å². The highest BCUT2D eigenvalue weighted by Gasteiger charge is 2.10. The van der Waals surface area contributed by atoms with Crippen LogP contribution in [0.2, 0.25) is 0 Å². The highest BCUT2D eigenvalue weighted by atomic mass is 16.7. The number of hydrogen-bond donors (Lipinski definition) is 1. The Bertz CT molecular complexity index is 374. The SMILES string of the molecule is CCCCCOC1=Cc2ccccc2ON1. The lowest BCUT2D eigenvalue weighted by atomic mass is 10.2. The van der Waals surface area contributed by atoms with Crippen molar-refractivity contribution >= 4 is 6.08 Å². The summed E-state index contributed by atoms with van der Waals surface area (Å²) in [4.78, 5) is 5.35. The Hall–Kier alpha value is -1.64. The van der Waals surface area contributed by atoms with Crippen molar-refractivity contribution in [2.45, 2.75) is 26.2 Å². The molecule has 2 rings (SSSR count). The number of nitrogens with one attached hydrogen (secondary N) is 1. The van der Waals surface area contributed by atoms with Crippen LogP contribution < -0.4 is 10.3 Å². The van der Waals surface area contributed by atoms with Crippen molar-refractivity contribution < 1.29 is 9.57 Å². The van der Waals surface area contributed by atoms with Gasteiger partial charge in [0.25, 0.3) is 0 Å². The molecule has 0 atom stereocenters. The van der Waals surface area contributed by atoms with Gasteiger partial charge in [0, 0.05) is 11.6 Å². The lowest BCUT2D eigenvalue weighted by Crippen LogP contribution is -2.23. The molecule has 0 bridgehead atoms. The standard InChI is InChI=1S/C13H17NO2/c1-2-3-6-9-15-13-10-11-7-4-5-8-12(11)16-14-13/h4-5,7-8,10,14H,2-3,6,9H2,1H3. The van der Waals surface area contributed by atoms with Crippen molar-refractivity contribution in [3.63, 3.8) is 0 Å². The lowest BCUT2D eigenvalue weighted by Gasteiger charge is -2.18. The van der Waals surface area contributed by atoms with Gasteiger partial charge in [0.2, 0.25) is 5.88 Å². The van der Waals surface area contributed by atoms with Crippen molar-refractivity contribution in [1.82, 2.24) is 5.48 Å². The molecule has 1 N–H and O–H groups in total. The van der Waals surface area contributed by atoms with E-state index >= 15 is 0 Å². The Labute approximate surface area is 96.0 Å². The fourth-order valence-electron chi connectivity index (χ4n) is 1.57. The first-order chi connectivity index (χ1) is 7.90. The number of unbranched alkanes of at least 4 members (excludes halogenated alkanes) is 2. The van der Waals surface area contributed by atoms with E-state index in [4.69, 9.17) is 9.57 Å². The Morgan fingerprint density at radius 1 is 1.25 bits per heavy atom. The fourth-order valence-corrected chi connectivity index (χ4v) is 1.57. The van der Waals surface area contributed by atoms with Gasteiger partial charge in [0.05, 0.1) is 6.61 Å². The van der Waals surface area contributed by atoms with Gasteiger partial charge in [-0.2, -0.15) is 5.48 Å². The number of hydroxylamine groups is 1. The molecule has 3 heteroatoms. The number of fused-ring (bicyclic) bond motifs is 1. The van der Waals surface area contributed by atoms with Crippen LogP contribution >= 0.6 is 0 Å². The highest BCUT2D eigenvalue weighted by Crippen LogP contribution is 2.23. The maximum atomic E-state index is 5.57. The summed E-state index contributed by atoms with van der Waals surface area (Å²) < 4.78 is 5.57. The summed E-state index contributed by atoms with van der Waals surface area (Å²) >= 11 is 0. The molecule has 0 amide bonds. The predicted octanol–water partition coefficient (Wildman–Crippen LogP) is 3.09. The zero-order valence-corrected chi connectivity index (χ0v) is 9.53. The topological polar surface area (TPSA) is 30.5 Å². The van der Waals surface area contributed by atoms with Gasteiger partial charge in [-0.15, -0.1) is 0 Å². The van der Waals surface area contributed by atoms with Crippen LogP contribution in [-0.2, 0) is 4.74 Å². The minimum absolute atomic E-state index is 0.690. The first kappa shape index (κ1) is 10.9. The van der Waals surface area contributed by atoms with Crippen LogP contribution in [0.1, 0.15) is 31.7 Å². The molecular weight excluding hydrogens is 202 g/mol. The smallest absolute Gasteiger partial charge is 0.221 e. The van der Waals surface area contributed by atoms with E-state index in [9.17, 15) is 0 Å². The van der Waals surface area contributed by atoms with Crippen molar-refractivity contribution in [2.75, 3.05) is 6.61 Å². The quantitative estimate of drug-likeness (QED) is 0.772. The highest BCUT2D eigenvalue weighted by molar-refractivity contribution is 5.59. The molecule has 16 heavy (non-hydrogen) atoms. The third-order valence-electron chi connectivity index (χ3n) is 2.47. The van der Waals surface area contributed by atoms with Crippen LogP contribution in [0.5, 0.6) is 5.75 Å². The zero-order valence-electron chi connectivity index (χ0n) is 9.53. The second kappa shape index (κ2) is 5.45. The number of hydrogen-bond acceptors (Lipinski definition) is 3. The van der Waals surface area contributed by atoms with Crippen molar-refractivity contribution in [2.24, 2.45) is 0 Å². The van der Waals surface area contributed by atoms with Crippen molar-refractivity contribution in [3.8, 4) is 5.75 Å². The minimum Gasteiger partial charge on any atom is -0.477 e. The Balaban J connectivity index is 1.91. The van der Waals surface area contributed by atoms with Crippen LogP contribution in [0.25, 0.3) is 6.08 Å². The monoisotopic (exact) mass is 219 g/mol. The summed E-state index contributed by atoms with van der Waals surface area (Å²) in [5.74, 6) is 1.53. The molecule has 1 aliphatic heterocycles. The molecule has 0 saturated heterocycles. The van der Waals surface area contributed by atoms with E-state index in [1.165, 1.54) is 12.8 Å². The van der Waals surface area contributed by atoms with E-state index in [1.54, 1.807) is 0 Å². The molecule has 1 heterocycles. The van der Waals surface area contributed by atoms with Gasteiger partial charge in [-0.05, 0) is 12.5 Å². The summed E-state index contributed by atoms with van der Waals surface area (Å²) in [5.41, 5.74) is 3.84. The first-order valence-corrected chi connectivity index (χ1v) is 5.76. The van der Waals surface area contributed by atoms with Gasteiger partial charge < -0.3 is 9.57 Å². The number of ether oxygens (including phenoxy) is 1. The molecule has 1 aliphatic rings. The molecule has 0 spiro atoms. The molecule has 0 fully saturated rings. The molecule has 0 unspecified atom stereocenters. The van der Waals surface area contributed by atoms with Crippen LogP contribution in [0.3, 0.4) is 0 Å². The molecule has 3 nitrogen and oxygen atoms in total. The summed E-state index contributed by atoms with van der Waals surface area (Å²) in [6, 6.07) is 7.86. The third-order valence-corrected chi connectivity index (χ3v) is 2.47. The molecule has 0 aliphatic carbocycles. The minimum atomic E-state index is 0.690.